The fourth-order valence-corrected chi connectivity index (χ4v) is 3.12. The molecule has 7 heteroatoms. The largest absolute Gasteiger partial charge is 0.368 e. The molecule has 144 valence electrons. The van der Waals surface area contributed by atoms with E-state index in [0.29, 0.717) is 24.1 Å². The van der Waals surface area contributed by atoms with Gasteiger partial charge in [-0.15, -0.1) is 0 Å². The van der Waals surface area contributed by atoms with E-state index in [4.69, 9.17) is 16.3 Å². The number of rotatable bonds is 7. The van der Waals surface area contributed by atoms with Gasteiger partial charge in [0.15, 0.2) is 0 Å². The van der Waals surface area contributed by atoms with Crippen LogP contribution in [-0.4, -0.2) is 21.5 Å². The Morgan fingerprint density at radius 1 is 1.10 bits per heavy atom. The SMILES string of the molecule is Cn1cncc1CN(c1ccc(C#N)cc1)C(Cc1ccc(C#N)cc1)C(N)=O. The lowest BCUT2D eigenvalue weighted by Gasteiger charge is -2.32. The van der Waals surface area contributed by atoms with Gasteiger partial charge >= 0.3 is 0 Å². The van der Waals surface area contributed by atoms with Gasteiger partial charge in [-0.1, -0.05) is 12.1 Å². The first-order chi connectivity index (χ1) is 14.0. The molecule has 1 atom stereocenters. The van der Waals surface area contributed by atoms with Crippen molar-refractivity contribution < 1.29 is 4.79 Å². The molecular weight excluding hydrogens is 364 g/mol. The summed E-state index contributed by atoms with van der Waals surface area (Å²) >= 11 is 0. The zero-order valence-electron chi connectivity index (χ0n) is 16.0. The minimum absolute atomic E-state index is 0.388. The summed E-state index contributed by atoms with van der Waals surface area (Å²) in [4.78, 5) is 18.5. The number of nitrogens with zero attached hydrogens (tertiary/aromatic N) is 5. The first kappa shape index (κ1) is 19.7. The van der Waals surface area contributed by atoms with Crippen molar-refractivity contribution in [1.29, 1.82) is 10.5 Å². The molecule has 3 rings (SSSR count). The van der Waals surface area contributed by atoms with Crippen molar-refractivity contribution in [3.63, 3.8) is 0 Å². The lowest BCUT2D eigenvalue weighted by Crippen LogP contribution is -2.46. The van der Waals surface area contributed by atoms with Crippen LogP contribution in [0.4, 0.5) is 5.69 Å². The number of aromatic nitrogens is 2. The predicted molar refractivity (Wildman–Crippen MR) is 108 cm³/mol. The van der Waals surface area contributed by atoms with E-state index in [1.807, 2.05) is 40.8 Å². The van der Waals surface area contributed by atoms with Crippen LogP contribution in [-0.2, 0) is 24.8 Å². The van der Waals surface area contributed by atoms with Crippen LogP contribution < -0.4 is 10.6 Å². The lowest BCUT2D eigenvalue weighted by molar-refractivity contribution is -0.119. The Balaban J connectivity index is 1.97. The van der Waals surface area contributed by atoms with Crippen molar-refractivity contribution in [3.05, 3.63) is 83.4 Å². The zero-order chi connectivity index (χ0) is 20.8. The van der Waals surface area contributed by atoms with Crippen LogP contribution in [0.1, 0.15) is 22.4 Å². The first-order valence-corrected chi connectivity index (χ1v) is 9.02. The van der Waals surface area contributed by atoms with Gasteiger partial charge in [0.1, 0.15) is 6.04 Å². The molecular formula is C22H20N6O. The summed E-state index contributed by atoms with van der Waals surface area (Å²) in [5, 5.41) is 18.1. The molecule has 0 aliphatic heterocycles. The quantitative estimate of drug-likeness (QED) is 0.671. The Morgan fingerprint density at radius 3 is 2.17 bits per heavy atom. The monoisotopic (exact) mass is 384 g/mol. The molecule has 0 spiro atoms. The summed E-state index contributed by atoms with van der Waals surface area (Å²) in [5.41, 5.74) is 9.49. The van der Waals surface area contributed by atoms with Crippen molar-refractivity contribution in [2.24, 2.45) is 12.8 Å². The molecule has 7 nitrogen and oxygen atoms in total. The van der Waals surface area contributed by atoms with E-state index in [0.717, 1.165) is 16.9 Å². The van der Waals surface area contributed by atoms with E-state index < -0.39 is 11.9 Å². The van der Waals surface area contributed by atoms with Gasteiger partial charge in [-0.25, -0.2) is 4.98 Å². The van der Waals surface area contributed by atoms with Gasteiger partial charge in [0.05, 0.1) is 41.8 Å². The highest BCUT2D eigenvalue weighted by molar-refractivity contribution is 5.84. The maximum atomic E-state index is 12.4. The number of primary amides is 1. The van der Waals surface area contributed by atoms with Crippen molar-refractivity contribution in [3.8, 4) is 12.1 Å². The van der Waals surface area contributed by atoms with E-state index in [1.54, 1.807) is 36.8 Å². The Hall–Kier alpha value is -4.10. The van der Waals surface area contributed by atoms with Gasteiger partial charge in [0.25, 0.3) is 0 Å². The number of carbonyl (C=O) groups excluding carboxylic acids is 1. The van der Waals surface area contributed by atoms with E-state index in [-0.39, 0.29) is 0 Å². The number of anilines is 1. The summed E-state index contributed by atoms with van der Waals surface area (Å²) in [6, 6.07) is 17.7. The predicted octanol–water partition coefficient (Wildman–Crippen LogP) is 2.27. The summed E-state index contributed by atoms with van der Waals surface area (Å²) in [5.74, 6) is -0.458. The third-order valence-corrected chi connectivity index (χ3v) is 4.79. The van der Waals surface area contributed by atoms with E-state index in [2.05, 4.69) is 17.1 Å². The highest BCUT2D eigenvalue weighted by Crippen LogP contribution is 2.23. The summed E-state index contributed by atoms with van der Waals surface area (Å²) in [7, 11) is 1.89. The number of amides is 1. The second kappa shape index (κ2) is 8.73. The van der Waals surface area contributed by atoms with Crippen molar-refractivity contribution >= 4 is 11.6 Å². The fourth-order valence-electron chi connectivity index (χ4n) is 3.12. The second-order valence-electron chi connectivity index (χ2n) is 6.71. The van der Waals surface area contributed by atoms with Gasteiger partial charge in [-0.3, -0.25) is 4.79 Å². The number of nitriles is 2. The standard InChI is InChI=1S/C22H20N6O/c1-27-15-26-13-20(27)14-28(19-8-6-18(12-24)7-9-19)21(22(25)29)10-16-2-4-17(11-23)5-3-16/h2-9,13,15,21H,10,14H2,1H3,(H2,25,29). The lowest BCUT2D eigenvalue weighted by atomic mass is 10.0. The van der Waals surface area contributed by atoms with Crippen molar-refractivity contribution in [1.82, 2.24) is 9.55 Å². The molecule has 29 heavy (non-hydrogen) atoms. The van der Waals surface area contributed by atoms with Crippen LogP contribution in [0, 0.1) is 22.7 Å². The zero-order valence-corrected chi connectivity index (χ0v) is 16.0. The molecule has 0 fully saturated rings. The minimum atomic E-state index is -0.620. The third kappa shape index (κ3) is 4.60. The average molecular weight is 384 g/mol. The van der Waals surface area contributed by atoms with Crippen molar-refractivity contribution in [2.75, 3.05) is 4.90 Å². The van der Waals surface area contributed by atoms with Gasteiger partial charge in [0, 0.05) is 25.4 Å². The maximum absolute atomic E-state index is 12.4. The average Bonchev–Trinajstić information content (AvgIpc) is 3.15. The molecule has 2 N–H and O–H groups in total. The normalized spacial score (nSPS) is 11.3. The topological polar surface area (TPSA) is 112 Å². The second-order valence-corrected chi connectivity index (χ2v) is 6.71. The van der Waals surface area contributed by atoms with Crippen LogP contribution in [0.3, 0.4) is 0 Å². The molecule has 1 unspecified atom stereocenters. The minimum Gasteiger partial charge on any atom is -0.368 e. The Bertz CT molecular complexity index is 1070. The smallest absolute Gasteiger partial charge is 0.240 e. The van der Waals surface area contributed by atoms with E-state index in [1.165, 1.54) is 0 Å². The number of imidazole rings is 1. The summed E-state index contributed by atoms with van der Waals surface area (Å²) in [6.07, 6.45) is 3.83. The number of nitrogens with two attached hydrogens (primary N) is 1. The van der Waals surface area contributed by atoms with Gasteiger partial charge in [-0.05, 0) is 42.0 Å². The van der Waals surface area contributed by atoms with E-state index in [9.17, 15) is 4.79 Å². The molecule has 1 amide bonds. The maximum Gasteiger partial charge on any atom is 0.240 e. The van der Waals surface area contributed by atoms with Gasteiger partial charge in [-0.2, -0.15) is 10.5 Å². The van der Waals surface area contributed by atoms with Crippen LogP contribution in [0.2, 0.25) is 0 Å². The van der Waals surface area contributed by atoms with Gasteiger partial charge < -0.3 is 15.2 Å². The summed E-state index contributed by atoms with van der Waals surface area (Å²) < 4.78 is 1.89. The molecule has 0 saturated carbocycles. The number of hydrogen-bond donors (Lipinski definition) is 1. The molecule has 3 aromatic rings. The Morgan fingerprint density at radius 2 is 1.69 bits per heavy atom. The fraction of sp³-hybridized carbons (Fsp3) is 0.182. The molecule has 1 heterocycles. The highest BCUT2D eigenvalue weighted by atomic mass is 16.1. The van der Waals surface area contributed by atoms with Crippen LogP contribution in [0.5, 0.6) is 0 Å². The molecule has 0 bridgehead atoms. The van der Waals surface area contributed by atoms with Gasteiger partial charge in [0.2, 0.25) is 5.91 Å². The number of hydrogen-bond acceptors (Lipinski definition) is 5. The number of carbonyl (C=O) groups is 1. The highest BCUT2D eigenvalue weighted by Gasteiger charge is 2.26. The molecule has 0 radical (unpaired) electrons. The molecule has 0 aliphatic rings. The molecule has 2 aromatic carbocycles. The Labute approximate surface area is 169 Å². The summed E-state index contributed by atoms with van der Waals surface area (Å²) in [6.45, 7) is 0.423. The number of benzene rings is 2. The first-order valence-electron chi connectivity index (χ1n) is 9.02. The van der Waals surface area contributed by atoms with Crippen LogP contribution >= 0.6 is 0 Å². The van der Waals surface area contributed by atoms with Crippen LogP contribution in [0.15, 0.2) is 61.1 Å². The number of aryl methyl sites for hydroxylation is 1. The van der Waals surface area contributed by atoms with E-state index >= 15 is 0 Å². The Kier molecular flexibility index (Phi) is 5.91. The van der Waals surface area contributed by atoms with Crippen LogP contribution in [0.25, 0.3) is 0 Å². The van der Waals surface area contributed by atoms with Crippen molar-refractivity contribution in [2.45, 2.75) is 19.0 Å². The molecule has 0 aliphatic carbocycles. The third-order valence-electron chi connectivity index (χ3n) is 4.79. The molecule has 1 aromatic heterocycles. The molecule has 0 saturated heterocycles.